The van der Waals surface area contributed by atoms with Crippen LogP contribution < -0.4 is 0 Å². The van der Waals surface area contributed by atoms with Crippen LogP contribution in [0, 0.1) is 0 Å². The number of nitrogens with zero attached hydrogens (tertiary/aromatic N) is 1. The second kappa shape index (κ2) is 11.5. The average molecular weight is 253 g/mol. The summed E-state index contributed by atoms with van der Waals surface area (Å²) >= 11 is 0. The minimum absolute atomic E-state index is 0.609. The van der Waals surface area contributed by atoms with Crippen molar-refractivity contribution < 1.29 is 9.47 Å². The molecular formula is C13H23NO2Si. The van der Waals surface area contributed by atoms with Crippen LogP contribution in [0.1, 0.15) is 6.42 Å². The average Bonchev–Trinajstić information content (AvgIpc) is 2.34. The van der Waals surface area contributed by atoms with Gasteiger partial charge in [-0.2, -0.15) is 0 Å². The SMILES string of the molecule is C=CCN(CC=C)CCC[Si]C=C(OC)OC. The molecule has 0 atom stereocenters. The van der Waals surface area contributed by atoms with Crippen LogP contribution >= 0.6 is 0 Å². The monoisotopic (exact) mass is 253 g/mol. The van der Waals surface area contributed by atoms with Gasteiger partial charge < -0.3 is 9.47 Å². The first kappa shape index (κ1) is 16.0. The van der Waals surface area contributed by atoms with Crippen LogP contribution in [0.3, 0.4) is 0 Å². The van der Waals surface area contributed by atoms with Gasteiger partial charge in [0.15, 0.2) is 0 Å². The molecule has 0 heterocycles. The van der Waals surface area contributed by atoms with E-state index < -0.39 is 0 Å². The Morgan fingerprint density at radius 1 is 1.18 bits per heavy atom. The van der Waals surface area contributed by atoms with Gasteiger partial charge in [-0.25, -0.2) is 0 Å². The van der Waals surface area contributed by atoms with E-state index in [0.717, 1.165) is 41.6 Å². The zero-order valence-corrected chi connectivity index (χ0v) is 11.9. The van der Waals surface area contributed by atoms with Gasteiger partial charge >= 0.3 is 0 Å². The van der Waals surface area contributed by atoms with Crippen LogP contribution in [-0.4, -0.2) is 48.3 Å². The maximum atomic E-state index is 5.01. The Balaban J connectivity index is 3.70. The number of ether oxygens (including phenoxy) is 2. The molecule has 2 radical (unpaired) electrons. The largest absolute Gasteiger partial charge is 0.469 e. The van der Waals surface area contributed by atoms with Crippen LogP contribution in [0.15, 0.2) is 37.0 Å². The predicted octanol–water partition coefficient (Wildman–Crippen LogP) is 2.26. The molecule has 0 spiro atoms. The minimum Gasteiger partial charge on any atom is -0.469 e. The Labute approximate surface area is 108 Å². The van der Waals surface area contributed by atoms with Crippen LogP contribution in [0.5, 0.6) is 0 Å². The van der Waals surface area contributed by atoms with E-state index in [4.69, 9.17) is 9.47 Å². The molecule has 17 heavy (non-hydrogen) atoms. The van der Waals surface area contributed by atoms with Gasteiger partial charge in [0.2, 0.25) is 0 Å². The van der Waals surface area contributed by atoms with Gasteiger partial charge in [0.1, 0.15) is 0 Å². The molecule has 0 aliphatic carbocycles. The van der Waals surface area contributed by atoms with Crippen molar-refractivity contribution in [1.82, 2.24) is 4.90 Å². The Morgan fingerprint density at radius 3 is 2.24 bits per heavy atom. The first-order valence-electron chi connectivity index (χ1n) is 5.74. The summed E-state index contributed by atoms with van der Waals surface area (Å²) < 4.78 is 10.0. The molecule has 4 heteroatoms. The minimum atomic E-state index is 0.609. The number of hydrogen-bond donors (Lipinski definition) is 0. The first-order chi connectivity index (χ1) is 8.28. The van der Waals surface area contributed by atoms with Gasteiger partial charge in [-0.05, 0) is 18.7 Å². The van der Waals surface area contributed by atoms with Crippen LogP contribution in [0.4, 0.5) is 0 Å². The maximum absolute atomic E-state index is 5.01. The fourth-order valence-electron chi connectivity index (χ4n) is 1.38. The standard InChI is InChI=1S/C13H23NO2Si/c1-5-8-14(9-6-2)10-7-11-17-12-13(15-3)16-4/h5-6,12H,1-2,7-11H2,3-4H3. The molecule has 0 aliphatic heterocycles. The number of hydrogen-bond acceptors (Lipinski definition) is 3. The Morgan fingerprint density at radius 2 is 1.76 bits per heavy atom. The highest BCUT2D eigenvalue weighted by Crippen LogP contribution is 1.99. The number of methoxy groups -OCH3 is 2. The Hall–Kier alpha value is -1.00. The van der Waals surface area contributed by atoms with E-state index in [0.29, 0.717) is 5.95 Å². The lowest BCUT2D eigenvalue weighted by Crippen LogP contribution is -2.25. The normalized spacial score (nSPS) is 9.82. The summed E-state index contributed by atoms with van der Waals surface area (Å²) in [5.74, 6) is 0.609. The van der Waals surface area contributed by atoms with E-state index in [1.54, 1.807) is 14.2 Å². The summed E-state index contributed by atoms with van der Waals surface area (Å²) in [5.41, 5.74) is 2.01. The summed E-state index contributed by atoms with van der Waals surface area (Å²) in [6.07, 6.45) is 5.02. The summed E-state index contributed by atoms with van der Waals surface area (Å²) in [4.78, 5) is 2.32. The quantitative estimate of drug-likeness (QED) is 0.244. The lowest BCUT2D eigenvalue weighted by molar-refractivity contribution is 0.0964. The molecule has 0 rings (SSSR count). The van der Waals surface area contributed by atoms with Crippen molar-refractivity contribution >= 4 is 9.52 Å². The molecule has 0 unspecified atom stereocenters. The van der Waals surface area contributed by atoms with E-state index >= 15 is 0 Å². The topological polar surface area (TPSA) is 21.7 Å². The van der Waals surface area contributed by atoms with E-state index in [1.807, 2.05) is 17.9 Å². The molecule has 0 saturated heterocycles. The van der Waals surface area contributed by atoms with E-state index in [-0.39, 0.29) is 0 Å². The van der Waals surface area contributed by atoms with Crippen LogP contribution in [0.25, 0.3) is 0 Å². The fourth-order valence-corrected chi connectivity index (χ4v) is 2.29. The van der Waals surface area contributed by atoms with Crippen molar-refractivity contribution in [2.45, 2.75) is 12.5 Å². The molecule has 0 aromatic rings. The Bertz CT molecular complexity index is 226. The van der Waals surface area contributed by atoms with Crippen molar-refractivity contribution in [3.63, 3.8) is 0 Å². The highest BCUT2D eigenvalue weighted by Gasteiger charge is 2.00. The van der Waals surface area contributed by atoms with Crippen LogP contribution in [-0.2, 0) is 9.47 Å². The molecular weight excluding hydrogens is 230 g/mol. The van der Waals surface area contributed by atoms with E-state index in [2.05, 4.69) is 18.1 Å². The zero-order chi connectivity index (χ0) is 12.9. The molecule has 3 nitrogen and oxygen atoms in total. The smallest absolute Gasteiger partial charge is 0.269 e. The van der Waals surface area contributed by atoms with Gasteiger partial charge in [-0.15, -0.1) is 13.2 Å². The molecule has 0 bridgehead atoms. The molecule has 0 fully saturated rings. The highest BCUT2D eigenvalue weighted by atomic mass is 28.2. The summed E-state index contributed by atoms with van der Waals surface area (Å²) in [6, 6.07) is 1.15. The summed E-state index contributed by atoms with van der Waals surface area (Å²) in [6.45, 7) is 10.4. The third-order valence-electron chi connectivity index (χ3n) is 2.19. The lowest BCUT2D eigenvalue weighted by atomic mass is 10.4. The van der Waals surface area contributed by atoms with Crippen molar-refractivity contribution in [2.24, 2.45) is 0 Å². The second-order valence-electron chi connectivity index (χ2n) is 3.52. The predicted molar refractivity (Wildman–Crippen MR) is 74.1 cm³/mol. The van der Waals surface area contributed by atoms with Crippen molar-refractivity contribution in [1.29, 1.82) is 0 Å². The maximum Gasteiger partial charge on any atom is 0.269 e. The van der Waals surface area contributed by atoms with Gasteiger partial charge in [0, 0.05) is 13.1 Å². The van der Waals surface area contributed by atoms with Gasteiger partial charge in [-0.1, -0.05) is 18.2 Å². The molecule has 0 aromatic heterocycles. The molecule has 0 N–H and O–H groups in total. The second-order valence-corrected chi connectivity index (χ2v) is 4.71. The highest BCUT2D eigenvalue weighted by molar-refractivity contribution is 6.42. The molecule has 0 saturated carbocycles. The molecule has 0 aromatic carbocycles. The van der Waals surface area contributed by atoms with Gasteiger partial charge in [0.05, 0.1) is 23.7 Å². The van der Waals surface area contributed by atoms with E-state index in [9.17, 15) is 0 Å². The lowest BCUT2D eigenvalue weighted by Gasteiger charge is -2.17. The van der Waals surface area contributed by atoms with Gasteiger partial charge in [0.25, 0.3) is 5.95 Å². The summed E-state index contributed by atoms with van der Waals surface area (Å²) in [7, 11) is 3.98. The van der Waals surface area contributed by atoms with Gasteiger partial charge in [-0.3, -0.25) is 4.90 Å². The third-order valence-corrected chi connectivity index (χ3v) is 3.27. The summed E-state index contributed by atoms with van der Waals surface area (Å²) in [5, 5.41) is 0. The molecule has 96 valence electrons. The number of rotatable bonds is 11. The molecule has 0 aliphatic rings. The van der Waals surface area contributed by atoms with Crippen molar-refractivity contribution in [2.75, 3.05) is 33.9 Å². The van der Waals surface area contributed by atoms with Crippen molar-refractivity contribution in [3.05, 3.63) is 37.0 Å². The van der Waals surface area contributed by atoms with E-state index in [1.165, 1.54) is 0 Å². The first-order valence-corrected chi connectivity index (χ1v) is 7.02. The fraction of sp³-hybridized carbons (Fsp3) is 0.538. The molecule has 0 amide bonds. The van der Waals surface area contributed by atoms with Crippen LogP contribution in [0.2, 0.25) is 6.04 Å². The Kier molecular flexibility index (Phi) is 10.8. The third kappa shape index (κ3) is 8.77. The van der Waals surface area contributed by atoms with Crippen molar-refractivity contribution in [3.8, 4) is 0 Å². The zero-order valence-electron chi connectivity index (χ0n) is 10.9.